The van der Waals surface area contributed by atoms with Crippen molar-refractivity contribution in [1.29, 1.82) is 0 Å². The second-order valence-electron chi connectivity index (χ2n) is 15.2. The molecule has 4 amide bonds. The van der Waals surface area contributed by atoms with Crippen LogP contribution in [0, 0.1) is 5.41 Å². The molecule has 6 heteroatoms. The predicted octanol–water partition coefficient (Wildman–Crippen LogP) is 9.62. The van der Waals surface area contributed by atoms with E-state index in [1.165, 1.54) is 21.5 Å². The SMILES string of the molecule is CN(Cc1c2ccccc2cc2ccccc12)C(=O)NC1CC(C)(C)CC(C)(NC(=O)N(C)Cc2c3ccccc3cc3ccccc23)C1. The Bertz CT molecular complexity index is 2100. The van der Waals surface area contributed by atoms with Gasteiger partial charge < -0.3 is 20.4 Å². The third kappa shape index (κ3) is 6.65. The Hall–Kier alpha value is -5.10. The first kappa shape index (κ1) is 32.4. The van der Waals surface area contributed by atoms with Gasteiger partial charge in [0, 0.05) is 38.8 Å². The minimum Gasteiger partial charge on any atom is -0.335 e. The van der Waals surface area contributed by atoms with Gasteiger partial charge in [-0.1, -0.05) is 111 Å². The number of rotatable bonds is 6. The van der Waals surface area contributed by atoms with Crippen molar-refractivity contribution in [2.75, 3.05) is 14.1 Å². The molecule has 0 aromatic heterocycles. The van der Waals surface area contributed by atoms with Crippen LogP contribution in [0.1, 0.15) is 51.2 Å². The molecule has 1 fully saturated rings. The molecule has 6 aromatic carbocycles. The van der Waals surface area contributed by atoms with Gasteiger partial charge in [-0.15, -0.1) is 0 Å². The first-order valence-corrected chi connectivity index (χ1v) is 17.3. The van der Waals surface area contributed by atoms with Crippen LogP contribution in [-0.2, 0) is 13.1 Å². The minimum atomic E-state index is -0.490. The molecule has 250 valence electrons. The molecule has 0 saturated heterocycles. The maximum Gasteiger partial charge on any atom is 0.317 e. The van der Waals surface area contributed by atoms with Gasteiger partial charge in [0.1, 0.15) is 0 Å². The highest BCUT2D eigenvalue weighted by Crippen LogP contribution is 2.41. The van der Waals surface area contributed by atoms with Crippen molar-refractivity contribution in [3.63, 3.8) is 0 Å². The van der Waals surface area contributed by atoms with Gasteiger partial charge in [-0.25, -0.2) is 9.59 Å². The van der Waals surface area contributed by atoms with Crippen molar-refractivity contribution in [1.82, 2.24) is 20.4 Å². The van der Waals surface area contributed by atoms with E-state index < -0.39 is 5.54 Å². The Morgan fingerprint density at radius 3 is 1.43 bits per heavy atom. The number of benzene rings is 6. The van der Waals surface area contributed by atoms with Crippen LogP contribution in [-0.4, -0.2) is 47.5 Å². The van der Waals surface area contributed by atoms with Crippen molar-refractivity contribution in [3.8, 4) is 0 Å². The van der Waals surface area contributed by atoms with E-state index in [0.29, 0.717) is 19.5 Å². The van der Waals surface area contributed by atoms with E-state index in [4.69, 9.17) is 0 Å². The summed E-state index contributed by atoms with van der Waals surface area (Å²) in [5.41, 5.74) is 1.73. The second-order valence-corrected chi connectivity index (χ2v) is 15.2. The molecule has 6 nitrogen and oxygen atoms in total. The molecule has 0 spiro atoms. The van der Waals surface area contributed by atoms with Gasteiger partial charge in [0.15, 0.2) is 0 Å². The Morgan fingerprint density at radius 2 is 1.00 bits per heavy atom. The molecule has 0 bridgehead atoms. The van der Waals surface area contributed by atoms with Crippen LogP contribution in [0.15, 0.2) is 109 Å². The third-order valence-electron chi connectivity index (χ3n) is 10.4. The zero-order chi connectivity index (χ0) is 34.3. The number of carbonyl (C=O) groups excluding carboxylic acids is 2. The van der Waals surface area contributed by atoms with E-state index in [1.54, 1.807) is 9.80 Å². The van der Waals surface area contributed by atoms with Crippen LogP contribution < -0.4 is 10.6 Å². The number of nitrogens with zero attached hydrogens (tertiary/aromatic N) is 2. The molecule has 2 N–H and O–H groups in total. The summed E-state index contributed by atoms with van der Waals surface area (Å²) in [5.74, 6) is 0. The van der Waals surface area contributed by atoms with Gasteiger partial charge in [0.05, 0.1) is 0 Å². The molecule has 1 saturated carbocycles. The first-order chi connectivity index (χ1) is 23.5. The van der Waals surface area contributed by atoms with Gasteiger partial charge in [-0.2, -0.15) is 0 Å². The Balaban J connectivity index is 1.06. The zero-order valence-corrected chi connectivity index (χ0v) is 29.2. The number of hydrogen-bond donors (Lipinski definition) is 2. The molecule has 7 rings (SSSR count). The molecule has 1 aliphatic carbocycles. The first-order valence-electron chi connectivity index (χ1n) is 17.3. The molecular formula is C43H46N4O2. The summed E-state index contributed by atoms with van der Waals surface area (Å²) in [7, 11) is 3.74. The van der Waals surface area contributed by atoms with E-state index in [2.05, 4.69) is 141 Å². The fourth-order valence-corrected chi connectivity index (χ4v) is 8.49. The third-order valence-corrected chi connectivity index (χ3v) is 10.4. The Morgan fingerprint density at radius 1 is 0.612 bits per heavy atom. The minimum absolute atomic E-state index is 0.0764. The van der Waals surface area contributed by atoms with Crippen LogP contribution >= 0.6 is 0 Å². The molecule has 49 heavy (non-hydrogen) atoms. The van der Waals surface area contributed by atoms with Gasteiger partial charge >= 0.3 is 12.1 Å². The summed E-state index contributed by atoms with van der Waals surface area (Å²) < 4.78 is 0. The Kier molecular flexibility index (Phi) is 8.43. The summed E-state index contributed by atoms with van der Waals surface area (Å²) in [6, 6.07) is 37.7. The van der Waals surface area contributed by atoms with E-state index in [-0.39, 0.29) is 23.5 Å². The summed E-state index contributed by atoms with van der Waals surface area (Å²) in [6.45, 7) is 7.56. The highest BCUT2D eigenvalue weighted by Gasteiger charge is 2.43. The summed E-state index contributed by atoms with van der Waals surface area (Å²) in [4.78, 5) is 31.2. The van der Waals surface area contributed by atoms with Crippen LogP contribution in [0.5, 0.6) is 0 Å². The zero-order valence-electron chi connectivity index (χ0n) is 29.2. The predicted molar refractivity (Wildman–Crippen MR) is 203 cm³/mol. The highest BCUT2D eigenvalue weighted by atomic mass is 16.2. The quantitative estimate of drug-likeness (QED) is 0.176. The number of fused-ring (bicyclic) bond motifs is 4. The number of urea groups is 2. The largest absolute Gasteiger partial charge is 0.335 e. The fourth-order valence-electron chi connectivity index (χ4n) is 8.49. The molecule has 0 radical (unpaired) electrons. The van der Waals surface area contributed by atoms with E-state index in [9.17, 15) is 9.59 Å². The van der Waals surface area contributed by atoms with Crippen molar-refractivity contribution in [3.05, 3.63) is 120 Å². The monoisotopic (exact) mass is 650 g/mol. The van der Waals surface area contributed by atoms with Crippen molar-refractivity contribution in [2.24, 2.45) is 5.41 Å². The number of hydrogen-bond acceptors (Lipinski definition) is 2. The van der Waals surface area contributed by atoms with Crippen LogP contribution in [0.2, 0.25) is 0 Å². The molecule has 0 aliphatic heterocycles. The Labute approximate surface area is 289 Å². The van der Waals surface area contributed by atoms with Gasteiger partial charge in [-0.3, -0.25) is 0 Å². The number of amides is 4. The normalized spacial score (nSPS) is 18.8. The van der Waals surface area contributed by atoms with Crippen LogP contribution in [0.25, 0.3) is 43.1 Å². The van der Waals surface area contributed by atoms with Gasteiger partial charge in [0.25, 0.3) is 0 Å². The average Bonchev–Trinajstić information content (AvgIpc) is 3.06. The molecule has 0 heterocycles. The van der Waals surface area contributed by atoms with E-state index in [1.807, 2.05) is 14.1 Å². The fraction of sp³-hybridized carbons (Fsp3) is 0.302. The summed E-state index contributed by atoms with van der Waals surface area (Å²) in [5, 5.41) is 16.1. The van der Waals surface area contributed by atoms with E-state index in [0.717, 1.165) is 45.5 Å². The number of carbonyl (C=O) groups is 2. The maximum absolute atomic E-state index is 13.9. The lowest BCUT2D eigenvalue weighted by molar-refractivity contribution is 0.101. The standard InChI is InChI=1S/C43H46N4O2/c1-42(2)24-33(44-40(48)46(4)26-38-34-18-10-6-14-29(34)22-30-15-7-11-19-35(30)38)25-43(3,28-42)45-41(49)47(5)27-39-36-20-12-8-16-31(36)23-32-17-9-13-21-37(32)39/h6-23,33H,24-28H2,1-5H3,(H,44,48)(H,45,49). The number of nitrogens with one attached hydrogen (secondary N) is 2. The smallest absolute Gasteiger partial charge is 0.317 e. The second kappa shape index (κ2) is 12.7. The molecule has 1 aliphatic rings. The van der Waals surface area contributed by atoms with Crippen molar-refractivity contribution in [2.45, 2.75) is 64.7 Å². The lowest BCUT2D eigenvalue weighted by Gasteiger charge is -2.47. The lowest BCUT2D eigenvalue weighted by atomic mass is 9.67. The highest BCUT2D eigenvalue weighted by molar-refractivity contribution is 6.03. The van der Waals surface area contributed by atoms with Crippen molar-refractivity contribution >= 4 is 55.2 Å². The average molecular weight is 651 g/mol. The molecule has 6 aromatic rings. The summed E-state index contributed by atoms with van der Waals surface area (Å²) in [6.07, 6.45) is 2.32. The summed E-state index contributed by atoms with van der Waals surface area (Å²) >= 11 is 0. The van der Waals surface area contributed by atoms with Crippen molar-refractivity contribution < 1.29 is 9.59 Å². The maximum atomic E-state index is 13.9. The van der Waals surface area contributed by atoms with Gasteiger partial charge in [-0.05, 0) is 98.0 Å². The molecule has 2 atom stereocenters. The lowest BCUT2D eigenvalue weighted by Crippen LogP contribution is -2.59. The van der Waals surface area contributed by atoms with Crippen LogP contribution in [0.4, 0.5) is 9.59 Å². The van der Waals surface area contributed by atoms with E-state index >= 15 is 0 Å². The topological polar surface area (TPSA) is 64.7 Å². The van der Waals surface area contributed by atoms with Gasteiger partial charge in [0.2, 0.25) is 0 Å². The van der Waals surface area contributed by atoms with Crippen LogP contribution in [0.3, 0.4) is 0 Å². The molecule has 2 unspecified atom stereocenters. The molecular weight excluding hydrogens is 604 g/mol.